The highest BCUT2D eigenvalue weighted by molar-refractivity contribution is 6.36. The van der Waals surface area contributed by atoms with Crippen LogP contribution in [0, 0.1) is 0 Å². The Balaban J connectivity index is 1.65. The molecule has 0 bridgehead atoms. The van der Waals surface area contributed by atoms with Crippen molar-refractivity contribution in [2.75, 3.05) is 0 Å². The third-order valence-corrected chi connectivity index (χ3v) is 5.71. The number of hydrogen-bond donors (Lipinski definition) is 0. The molecule has 2 aliphatic rings. The van der Waals surface area contributed by atoms with Gasteiger partial charge in [0.25, 0.3) is 0 Å². The third-order valence-electron chi connectivity index (χ3n) is 5.05. The molecule has 0 aromatic heterocycles. The lowest BCUT2D eigenvalue weighted by atomic mass is 9.96. The van der Waals surface area contributed by atoms with Gasteiger partial charge in [0, 0.05) is 12.0 Å². The first-order valence-electron chi connectivity index (χ1n) is 8.83. The lowest BCUT2D eigenvalue weighted by molar-refractivity contribution is -0.0189. The number of hydrazone groups is 1. The lowest BCUT2D eigenvalue weighted by Gasteiger charge is -2.38. The van der Waals surface area contributed by atoms with Gasteiger partial charge in [-0.2, -0.15) is 5.10 Å². The first-order valence-corrected chi connectivity index (χ1v) is 9.58. The zero-order valence-electron chi connectivity index (χ0n) is 14.3. The molecule has 3 aromatic carbocycles. The summed E-state index contributed by atoms with van der Waals surface area (Å²) in [6.07, 6.45) is 0.343. The van der Waals surface area contributed by atoms with Crippen molar-refractivity contribution < 1.29 is 4.74 Å². The number of nitrogens with zero attached hydrogens (tertiary/aromatic N) is 2. The molecule has 2 aliphatic heterocycles. The number of ether oxygens (including phenoxy) is 1. The fraction of sp³-hybridized carbons (Fsp3) is 0.136. The van der Waals surface area contributed by atoms with E-state index in [0.29, 0.717) is 10.0 Å². The Morgan fingerprint density at radius 1 is 0.852 bits per heavy atom. The molecule has 5 heteroatoms. The molecule has 5 rings (SSSR count). The SMILES string of the molecule is Clc1cccc(Cl)c1[C@H]1Oc2ccccc2[C@@H]2CC(c3ccccc3)=NN12. The second-order valence-electron chi connectivity index (χ2n) is 6.66. The summed E-state index contributed by atoms with van der Waals surface area (Å²) in [6.45, 7) is 0. The molecule has 0 fully saturated rings. The summed E-state index contributed by atoms with van der Waals surface area (Å²) >= 11 is 13.0. The van der Waals surface area contributed by atoms with Crippen LogP contribution in [0.5, 0.6) is 5.75 Å². The Bertz CT molecular complexity index is 1020. The van der Waals surface area contributed by atoms with Gasteiger partial charge in [-0.3, -0.25) is 0 Å². The number of benzene rings is 3. The Morgan fingerprint density at radius 2 is 1.56 bits per heavy atom. The van der Waals surface area contributed by atoms with Gasteiger partial charge in [0.05, 0.1) is 27.4 Å². The van der Waals surface area contributed by atoms with Crippen LogP contribution in [-0.2, 0) is 0 Å². The molecule has 0 N–H and O–H groups in total. The fourth-order valence-corrected chi connectivity index (χ4v) is 4.36. The smallest absolute Gasteiger partial charge is 0.216 e. The molecule has 0 radical (unpaired) electrons. The first kappa shape index (κ1) is 16.7. The number of para-hydroxylation sites is 1. The van der Waals surface area contributed by atoms with Crippen LogP contribution in [-0.4, -0.2) is 10.7 Å². The molecule has 0 saturated carbocycles. The zero-order chi connectivity index (χ0) is 18.4. The average molecular weight is 395 g/mol. The molecule has 0 unspecified atom stereocenters. The van der Waals surface area contributed by atoms with Crippen LogP contribution in [0.2, 0.25) is 10.0 Å². The van der Waals surface area contributed by atoms with Crippen molar-refractivity contribution in [2.24, 2.45) is 5.10 Å². The summed E-state index contributed by atoms with van der Waals surface area (Å²) in [4.78, 5) is 0. The maximum Gasteiger partial charge on any atom is 0.216 e. The minimum atomic E-state index is -0.465. The minimum Gasteiger partial charge on any atom is -0.464 e. The summed E-state index contributed by atoms with van der Waals surface area (Å²) in [5.74, 6) is 0.851. The molecular weight excluding hydrogens is 379 g/mol. The quantitative estimate of drug-likeness (QED) is 0.513. The van der Waals surface area contributed by atoms with E-state index < -0.39 is 6.23 Å². The Morgan fingerprint density at radius 3 is 2.33 bits per heavy atom. The van der Waals surface area contributed by atoms with Crippen molar-refractivity contribution in [3.05, 3.63) is 99.5 Å². The molecule has 2 atom stereocenters. The number of hydrogen-bond acceptors (Lipinski definition) is 3. The van der Waals surface area contributed by atoms with Gasteiger partial charge in [-0.05, 0) is 23.8 Å². The molecule has 3 aromatic rings. The third kappa shape index (κ3) is 2.78. The van der Waals surface area contributed by atoms with Crippen LogP contribution in [0.15, 0.2) is 77.9 Å². The van der Waals surface area contributed by atoms with Crippen LogP contribution >= 0.6 is 23.2 Å². The first-order chi connectivity index (χ1) is 13.2. The van der Waals surface area contributed by atoms with Gasteiger partial charge in [0.15, 0.2) is 0 Å². The van der Waals surface area contributed by atoms with Gasteiger partial charge in [-0.1, -0.05) is 77.8 Å². The molecule has 134 valence electrons. The molecule has 27 heavy (non-hydrogen) atoms. The summed E-state index contributed by atoms with van der Waals surface area (Å²) in [5.41, 5.74) is 4.03. The average Bonchev–Trinajstić information content (AvgIpc) is 3.14. The summed E-state index contributed by atoms with van der Waals surface area (Å²) in [7, 11) is 0. The molecule has 0 aliphatic carbocycles. The molecule has 3 nitrogen and oxygen atoms in total. The molecule has 0 saturated heterocycles. The van der Waals surface area contributed by atoms with Crippen molar-refractivity contribution >= 4 is 28.9 Å². The maximum atomic E-state index is 6.49. The molecule has 0 spiro atoms. The predicted octanol–water partition coefficient (Wildman–Crippen LogP) is 6.24. The van der Waals surface area contributed by atoms with E-state index in [0.717, 1.165) is 34.6 Å². The Hall–Kier alpha value is -2.49. The number of halogens is 2. The second kappa shape index (κ2) is 6.59. The number of fused-ring (bicyclic) bond motifs is 3. The van der Waals surface area contributed by atoms with Gasteiger partial charge in [0.1, 0.15) is 5.75 Å². The van der Waals surface area contributed by atoms with Crippen molar-refractivity contribution in [1.82, 2.24) is 5.01 Å². The highest BCUT2D eigenvalue weighted by Gasteiger charge is 2.42. The molecule has 0 amide bonds. The van der Waals surface area contributed by atoms with E-state index in [1.165, 1.54) is 0 Å². The lowest BCUT2D eigenvalue weighted by Crippen LogP contribution is -2.34. The maximum absolute atomic E-state index is 6.49. The van der Waals surface area contributed by atoms with Gasteiger partial charge in [-0.15, -0.1) is 0 Å². The van der Waals surface area contributed by atoms with E-state index in [9.17, 15) is 0 Å². The van der Waals surface area contributed by atoms with Crippen LogP contribution < -0.4 is 4.74 Å². The van der Waals surface area contributed by atoms with E-state index in [2.05, 4.69) is 18.2 Å². The van der Waals surface area contributed by atoms with Crippen LogP contribution in [0.4, 0.5) is 0 Å². The summed E-state index contributed by atoms with van der Waals surface area (Å²) in [5, 5.41) is 8.08. The summed E-state index contributed by atoms with van der Waals surface area (Å²) < 4.78 is 6.33. The van der Waals surface area contributed by atoms with E-state index in [4.69, 9.17) is 33.0 Å². The zero-order valence-corrected chi connectivity index (χ0v) is 15.9. The standard InChI is InChI=1S/C22H16Cl2N2O/c23-16-10-6-11-17(24)21(16)22-26-19(15-9-4-5-12-20(15)27-22)13-18(25-26)14-7-2-1-3-8-14/h1-12,19,22H,13H2/t19-,22+/m0/s1. The Labute approximate surface area is 167 Å². The monoisotopic (exact) mass is 394 g/mol. The van der Waals surface area contributed by atoms with Crippen LogP contribution in [0.3, 0.4) is 0 Å². The number of rotatable bonds is 2. The predicted molar refractivity (Wildman–Crippen MR) is 108 cm³/mol. The highest BCUT2D eigenvalue weighted by Crippen LogP contribution is 2.49. The van der Waals surface area contributed by atoms with Crippen LogP contribution in [0.25, 0.3) is 0 Å². The van der Waals surface area contributed by atoms with Gasteiger partial charge in [0.2, 0.25) is 6.23 Å². The van der Waals surface area contributed by atoms with E-state index in [-0.39, 0.29) is 6.04 Å². The van der Waals surface area contributed by atoms with Crippen molar-refractivity contribution in [1.29, 1.82) is 0 Å². The summed E-state index contributed by atoms with van der Waals surface area (Å²) in [6, 6.07) is 23.9. The van der Waals surface area contributed by atoms with E-state index in [1.54, 1.807) is 0 Å². The van der Waals surface area contributed by atoms with E-state index >= 15 is 0 Å². The molecular formula is C22H16Cl2N2O. The van der Waals surface area contributed by atoms with Crippen molar-refractivity contribution in [2.45, 2.75) is 18.7 Å². The highest BCUT2D eigenvalue weighted by atomic mass is 35.5. The van der Waals surface area contributed by atoms with E-state index in [1.807, 2.05) is 59.6 Å². The van der Waals surface area contributed by atoms with Gasteiger partial charge in [-0.25, -0.2) is 5.01 Å². The minimum absolute atomic E-state index is 0.0856. The molecule has 2 heterocycles. The van der Waals surface area contributed by atoms with Crippen molar-refractivity contribution in [3.63, 3.8) is 0 Å². The van der Waals surface area contributed by atoms with Gasteiger partial charge < -0.3 is 4.74 Å². The second-order valence-corrected chi connectivity index (χ2v) is 7.47. The Kier molecular flexibility index (Phi) is 4.07. The topological polar surface area (TPSA) is 24.8 Å². The fourth-order valence-electron chi connectivity index (χ4n) is 3.78. The largest absolute Gasteiger partial charge is 0.464 e. The van der Waals surface area contributed by atoms with Gasteiger partial charge >= 0.3 is 0 Å². The van der Waals surface area contributed by atoms with Crippen molar-refractivity contribution in [3.8, 4) is 5.75 Å². The normalized spacial score (nSPS) is 20.5. The van der Waals surface area contributed by atoms with Crippen LogP contribution in [0.1, 0.15) is 35.4 Å².